The molecule has 2 unspecified atom stereocenters. The van der Waals surface area contributed by atoms with E-state index in [9.17, 15) is 22.6 Å². The van der Waals surface area contributed by atoms with Crippen molar-refractivity contribution in [3.63, 3.8) is 0 Å². The predicted octanol–water partition coefficient (Wildman–Crippen LogP) is 4.35. The Bertz CT molecular complexity index is 823. The highest BCUT2D eigenvalue weighted by Crippen LogP contribution is 2.49. The van der Waals surface area contributed by atoms with Crippen LogP contribution in [0.25, 0.3) is 11.3 Å². The Morgan fingerprint density at radius 3 is 2.48 bits per heavy atom. The summed E-state index contributed by atoms with van der Waals surface area (Å²) in [5.41, 5.74) is -0.500. The Morgan fingerprint density at radius 1 is 1.37 bits per heavy atom. The Kier molecular flexibility index (Phi) is 7.19. The van der Waals surface area contributed by atoms with E-state index in [1.807, 2.05) is 19.6 Å². The third-order valence-electron chi connectivity index (χ3n) is 3.37. The van der Waals surface area contributed by atoms with Crippen LogP contribution in [0.5, 0.6) is 11.5 Å². The lowest BCUT2D eigenvalue weighted by Crippen LogP contribution is -2.29. The molecule has 0 radical (unpaired) electrons. The maximum atomic E-state index is 14.2. The zero-order valence-electron chi connectivity index (χ0n) is 14.8. The second-order valence-electron chi connectivity index (χ2n) is 6.67. The normalized spacial score (nSPS) is 14.2. The van der Waals surface area contributed by atoms with Crippen LogP contribution in [0.2, 0.25) is 19.6 Å². The van der Waals surface area contributed by atoms with Gasteiger partial charge in [-0.05, 0) is 38.2 Å². The van der Waals surface area contributed by atoms with Crippen LogP contribution in [0.3, 0.4) is 0 Å². The van der Waals surface area contributed by atoms with Crippen molar-refractivity contribution in [3.8, 4) is 22.8 Å². The number of rotatable bonds is 8. The van der Waals surface area contributed by atoms with E-state index >= 15 is 0 Å². The summed E-state index contributed by atoms with van der Waals surface area (Å²) in [5, 5.41) is 10.6. The number of nitrogens with one attached hydrogen (secondary N) is 1. The summed E-state index contributed by atoms with van der Waals surface area (Å²) in [6.45, 7) is 5.71. The summed E-state index contributed by atoms with van der Waals surface area (Å²) in [6, 6.07) is 3.31. The Labute approximate surface area is 167 Å². The minimum Gasteiger partial charge on any atom is -0.760 e. The van der Waals surface area contributed by atoms with E-state index in [-0.39, 0.29) is 30.2 Å². The molecule has 2 N–H and O–H groups in total. The van der Waals surface area contributed by atoms with E-state index in [1.54, 1.807) is 0 Å². The van der Waals surface area contributed by atoms with Crippen molar-refractivity contribution in [3.05, 3.63) is 35.6 Å². The topological polar surface area (TPSA) is 94.8 Å². The number of furan rings is 1. The van der Waals surface area contributed by atoms with Crippen LogP contribution in [0.4, 0.5) is 8.78 Å². The lowest BCUT2D eigenvalue weighted by Gasteiger charge is -2.20. The molecule has 0 aliphatic heterocycles. The molecule has 27 heavy (non-hydrogen) atoms. The van der Waals surface area contributed by atoms with E-state index in [0.29, 0.717) is 0 Å². The fraction of sp³-hybridized carbons (Fsp3) is 0.375. The second-order valence-corrected chi connectivity index (χ2v) is 13.0. The quantitative estimate of drug-likeness (QED) is 0.331. The van der Waals surface area contributed by atoms with Gasteiger partial charge in [0, 0.05) is 17.8 Å². The Balaban J connectivity index is 2.50. The first-order chi connectivity index (χ1) is 12.5. The highest BCUT2D eigenvalue weighted by Gasteiger charge is 2.32. The number of aromatic hydroxyl groups is 1. The summed E-state index contributed by atoms with van der Waals surface area (Å²) in [7, 11) is -2.21. The third kappa shape index (κ3) is 5.61. The molecule has 0 aliphatic carbocycles. The Hall–Kier alpha value is -1.27. The minimum absolute atomic E-state index is 0.00283. The molecule has 150 valence electrons. The molecule has 1 heterocycles. The van der Waals surface area contributed by atoms with Crippen LogP contribution in [-0.4, -0.2) is 28.7 Å². The van der Waals surface area contributed by atoms with Crippen LogP contribution in [0, 0.1) is 11.6 Å². The van der Waals surface area contributed by atoms with Gasteiger partial charge in [-0.1, -0.05) is 22.0 Å². The molecule has 0 fully saturated rings. The molecule has 1 aromatic heterocycles. The molecule has 0 amide bonds. The van der Waals surface area contributed by atoms with E-state index in [4.69, 9.17) is 8.84 Å². The van der Waals surface area contributed by atoms with Crippen LogP contribution < -0.4 is 9.15 Å². The van der Waals surface area contributed by atoms with Gasteiger partial charge in [0.05, 0.1) is 10.4 Å². The first-order valence-electron chi connectivity index (χ1n) is 7.97. The van der Waals surface area contributed by atoms with Gasteiger partial charge in [-0.25, -0.2) is 13.5 Å². The van der Waals surface area contributed by atoms with Crippen molar-refractivity contribution >= 4 is 35.5 Å². The average molecular weight is 483 g/mol. The van der Waals surface area contributed by atoms with Gasteiger partial charge < -0.3 is 18.5 Å². The van der Waals surface area contributed by atoms with Crippen molar-refractivity contribution < 1.29 is 31.5 Å². The fourth-order valence-electron chi connectivity index (χ4n) is 2.32. The number of alkyl halides is 1. The van der Waals surface area contributed by atoms with E-state index in [2.05, 4.69) is 20.7 Å². The number of benzene rings is 1. The van der Waals surface area contributed by atoms with Gasteiger partial charge in [0.25, 0.3) is 0 Å². The molecular weight excluding hydrogens is 464 g/mol. The maximum absolute atomic E-state index is 14.2. The summed E-state index contributed by atoms with van der Waals surface area (Å²) < 4.78 is 63.2. The molecule has 2 atom stereocenters. The zero-order valence-corrected chi connectivity index (χ0v) is 18.2. The average Bonchev–Trinajstić information content (AvgIpc) is 2.82. The van der Waals surface area contributed by atoms with E-state index in [0.717, 1.165) is 12.1 Å². The molecule has 0 saturated carbocycles. The van der Waals surface area contributed by atoms with Crippen molar-refractivity contribution in [1.29, 1.82) is 0 Å². The summed E-state index contributed by atoms with van der Waals surface area (Å²) in [4.78, 5) is -0.561. The molecule has 0 spiro atoms. The first-order valence-corrected chi connectivity index (χ1v) is 13.4. The second kappa shape index (κ2) is 8.82. The highest BCUT2D eigenvalue weighted by atomic mass is 79.9. The van der Waals surface area contributed by atoms with Gasteiger partial charge in [-0.15, -0.1) is 0 Å². The van der Waals surface area contributed by atoms with Gasteiger partial charge in [0.1, 0.15) is 11.6 Å². The van der Waals surface area contributed by atoms with Crippen LogP contribution in [-0.2, 0) is 11.3 Å². The molecule has 0 aliphatic rings. The molecular formula is C16H19BrF2NO5SSi-. The maximum Gasteiger partial charge on any atom is 0.242 e. The van der Waals surface area contributed by atoms with Gasteiger partial charge in [0.2, 0.25) is 14.1 Å². The highest BCUT2D eigenvalue weighted by molar-refractivity contribution is 9.09. The van der Waals surface area contributed by atoms with Crippen molar-refractivity contribution in [1.82, 2.24) is 4.72 Å². The van der Waals surface area contributed by atoms with Crippen LogP contribution in [0.15, 0.2) is 22.6 Å². The minimum atomic E-state index is -2.42. The summed E-state index contributed by atoms with van der Waals surface area (Å²) in [6.07, 6.45) is 0.252. The van der Waals surface area contributed by atoms with Crippen LogP contribution >= 0.6 is 15.9 Å². The molecule has 1 aromatic carbocycles. The molecule has 0 bridgehead atoms. The molecule has 2 aromatic rings. The largest absolute Gasteiger partial charge is 0.760 e. The first kappa shape index (κ1) is 22.0. The van der Waals surface area contributed by atoms with E-state index < -0.39 is 47.4 Å². The van der Waals surface area contributed by atoms with Gasteiger partial charge in [-0.3, -0.25) is 4.21 Å². The number of halogens is 3. The number of hydrogen-bond acceptors (Lipinski definition) is 5. The number of hydrogen-bond donors (Lipinski definition) is 2. The van der Waals surface area contributed by atoms with Crippen molar-refractivity contribution in [2.45, 2.75) is 30.9 Å². The lowest BCUT2D eigenvalue weighted by atomic mass is 10.1. The molecule has 0 saturated heterocycles. The molecule has 6 nitrogen and oxygen atoms in total. The smallest absolute Gasteiger partial charge is 0.242 e. The zero-order chi connectivity index (χ0) is 20.4. The predicted molar refractivity (Wildman–Crippen MR) is 103 cm³/mol. The van der Waals surface area contributed by atoms with E-state index in [1.165, 1.54) is 6.07 Å². The fourth-order valence-corrected chi connectivity index (χ4v) is 3.94. The summed E-state index contributed by atoms with van der Waals surface area (Å²) >= 11 is 0.935. The third-order valence-corrected chi connectivity index (χ3v) is 5.50. The van der Waals surface area contributed by atoms with Gasteiger partial charge >= 0.3 is 0 Å². The van der Waals surface area contributed by atoms with Crippen LogP contribution in [0.1, 0.15) is 17.0 Å². The van der Waals surface area contributed by atoms with Gasteiger partial charge in [0.15, 0.2) is 17.3 Å². The summed E-state index contributed by atoms with van der Waals surface area (Å²) in [5.74, 6) is -2.53. The Morgan fingerprint density at radius 2 is 1.96 bits per heavy atom. The van der Waals surface area contributed by atoms with Crippen molar-refractivity contribution in [2.24, 2.45) is 0 Å². The SMILES string of the molecule is C[Si](C)(C)Oc1c(C(Br)CCNS(=O)[O-])oc(-c2c(F)cccc2F)c1O. The molecule has 2 rings (SSSR count). The lowest BCUT2D eigenvalue weighted by molar-refractivity contribution is 0.438. The monoisotopic (exact) mass is 482 g/mol. The standard InChI is InChI=1S/C16H20BrF2NO5SSi/c1-27(2,3)25-16-13(21)15(12-10(18)5-4-6-11(12)19)24-14(16)9(17)7-8-20-26(22)23/h4-6,9,20-21H,7-8H2,1-3H3,(H,22,23)/p-1. The van der Waals surface area contributed by atoms with Crippen molar-refractivity contribution in [2.75, 3.05) is 6.54 Å². The van der Waals surface area contributed by atoms with Gasteiger partial charge in [-0.2, -0.15) is 0 Å². The molecule has 11 heteroatoms.